The van der Waals surface area contributed by atoms with Gasteiger partial charge in [-0.15, -0.1) is 0 Å². The van der Waals surface area contributed by atoms with Gasteiger partial charge in [-0.05, 0) is 28.5 Å². The first-order valence-electron chi connectivity index (χ1n) is 9.50. The predicted molar refractivity (Wildman–Crippen MR) is 109 cm³/mol. The van der Waals surface area contributed by atoms with E-state index in [0.29, 0.717) is 35.4 Å². The topological polar surface area (TPSA) is 107 Å². The van der Waals surface area contributed by atoms with E-state index >= 15 is 0 Å². The second kappa shape index (κ2) is 7.24. The van der Waals surface area contributed by atoms with Gasteiger partial charge in [-0.2, -0.15) is 0 Å². The molecule has 2 aliphatic rings. The van der Waals surface area contributed by atoms with E-state index in [-0.39, 0.29) is 12.1 Å². The van der Waals surface area contributed by atoms with E-state index in [1.54, 1.807) is 23.4 Å². The number of pyridine rings is 2. The number of hydrogen-bond donors (Lipinski definition) is 0. The fourth-order valence-corrected chi connectivity index (χ4v) is 3.87. The Kier molecular flexibility index (Phi) is 4.88. The van der Waals surface area contributed by atoms with Gasteiger partial charge < -0.3 is 14.5 Å². The van der Waals surface area contributed by atoms with E-state index in [1.807, 2.05) is 18.7 Å². The zero-order valence-electron chi connectivity index (χ0n) is 16.5. The molecule has 2 fully saturated rings. The molecule has 29 heavy (non-hydrogen) atoms. The fraction of sp³-hybridized carbons (Fsp3) is 0.526. The number of aromatic nitrogens is 2. The first kappa shape index (κ1) is 19.5. The number of urea groups is 1. The van der Waals surface area contributed by atoms with Crippen LogP contribution >= 0.6 is 11.6 Å². The minimum absolute atomic E-state index is 0.0701. The number of likely N-dealkylation sites (tertiary alicyclic amines) is 2. The standard InChI is InChI=1S/C19H22ClN7O2/c1-11-7-26(8-11)18(28)27-9-12(10-27)29-17-14-5-22-16(20)4-13(14)15(6-23-17)19(2,3)24-25-21/h4-6,11-12H,7-10H2,1-3H3. The molecular formula is C19H22ClN7O2. The van der Waals surface area contributed by atoms with Crippen LogP contribution < -0.4 is 4.74 Å². The zero-order valence-corrected chi connectivity index (χ0v) is 17.3. The highest BCUT2D eigenvalue weighted by Crippen LogP contribution is 2.36. The number of azide groups is 1. The number of carbonyl (C=O) groups excluding carboxylic acids is 1. The molecule has 2 amide bonds. The number of nitrogens with zero attached hydrogens (tertiary/aromatic N) is 7. The monoisotopic (exact) mass is 415 g/mol. The summed E-state index contributed by atoms with van der Waals surface area (Å²) in [6, 6.07) is 1.79. The molecule has 2 saturated heterocycles. The van der Waals surface area contributed by atoms with Crippen molar-refractivity contribution in [3.05, 3.63) is 39.6 Å². The number of amides is 2. The van der Waals surface area contributed by atoms with Crippen LogP contribution in [0.3, 0.4) is 0 Å². The highest BCUT2D eigenvalue weighted by Gasteiger charge is 2.38. The van der Waals surface area contributed by atoms with Crippen molar-refractivity contribution in [1.82, 2.24) is 19.8 Å². The normalized spacial score (nSPS) is 17.5. The highest BCUT2D eigenvalue weighted by molar-refractivity contribution is 6.30. The second-order valence-corrected chi connectivity index (χ2v) is 8.60. The van der Waals surface area contributed by atoms with Crippen LogP contribution in [0.5, 0.6) is 5.88 Å². The molecular weight excluding hydrogens is 394 g/mol. The number of halogens is 1. The molecule has 2 aromatic rings. The van der Waals surface area contributed by atoms with Crippen LogP contribution in [0.1, 0.15) is 26.3 Å². The lowest BCUT2D eigenvalue weighted by Gasteiger charge is -2.45. The molecule has 0 aliphatic carbocycles. The molecule has 4 heterocycles. The summed E-state index contributed by atoms with van der Waals surface area (Å²) in [4.78, 5) is 27.5. The Morgan fingerprint density at radius 1 is 1.24 bits per heavy atom. The summed E-state index contributed by atoms with van der Waals surface area (Å²) in [6.45, 7) is 8.45. The lowest BCUT2D eigenvalue weighted by molar-refractivity contribution is 0.0149. The number of hydrogen-bond acceptors (Lipinski definition) is 5. The molecule has 0 radical (unpaired) electrons. The minimum atomic E-state index is -0.808. The molecule has 4 rings (SSSR count). The third-order valence-corrected chi connectivity index (χ3v) is 5.59. The summed E-state index contributed by atoms with van der Waals surface area (Å²) < 4.78 is 6.05. The second-order valence-electron chi connectivity index (χ2n) is 8.22. The van der Waals surface area contributed by atoms with E-state index < -0.39 is 5.54 Å². The summed E-state index contributed by atoms with van der Waals surface area (Å²) >= 11 is 6.10. The smallest absolute Gasteiger partial charge is 0.320 e. The first-order valence-corrected chi connectivity index (χ1v) is 9.88. The van der Waals surface area contributed by atoms with Crippen molar-refractivity contribution in [3.8, 4) is 5.88 Å². The molecule has 0 atom stereocenters. The van der Waals surface area contributed by atoms with Crippen molar-refractivity contribution in [2.45, 2.75) is 32.4 Å². The maximum Gasteiger partial charge on any atom is 0.320 e. The van der Waals surface area contributed by atoms with Gasteiger partial charge in [-0.3, -0.25) is 0 Å². The van der Waals surface area contributed by atoms with E-state index in [0.717, 1.165) is 24.0 Å². The van der Waals surface area contributed by atoms with Crippen molar-refractivity contribution >= 4 is 28.4 Å². The number of rotatable bonds is 4. The summed E-state index contributed by atoms with van der Waals surface area (Å²) in [6.07, 6.45) is 3.13. The van der Waals surface area contributed by atoms with Crippen LogP contribution in [0.2, 0.25) is 5.15 Å². The molecule has 0 N–H and O–H groups in total. The van der Waals surface area contributed by atoms with Gasteiger partial charge >= 0.3 is 6.03 Å². The minimum Gasteiger partial charge on any atom is -0.470 e. The molecule has 0 spiro atoms. The summed E-state index contributed by atoms with van der Waals surface area (Å²) in [5.41, 5.74) is 8.81. The van der Waals surface area contributed by atoms with E-state index in [9.17, 15) is 4.79 Å². The molecule has 2 aliphatic heterocycles. The number of fused-ring (bicyclic) bond motifs is 1. The Morgan fingerprint density at radius 3 is 2.59 bits per heavy atom. The fourth-order valence-electron chi connectivity index (χ4n) is 3.71. The van der Waals surface area contributed by atoms with Crippen molar-refractivity contribution in [3.63, 3.8) is 0 Å². The van der Waals surface area contributed by atoms with Crippen molar-refractivity contribution in [2.75, 3.05) is 26.2 Å². The van der Waals surface area contributed by atoms with E-state index in [2.05, 4.69) is 26.9 Å². The van der Waals surface area contributed by atoms with E-state index in [1.165, 1.54) is 0 Å². The lowest BCUT2D eigenvalue weighted by atomic mass is 9.93. The lowest BCUT2D eigenvalue weighted by Crippen LogP contribution is -2.63. The molecule has 0 unspecified atom stereocenters. The molecule has 0 saturated carbocycles. The SMILES string of the molecule is CC1CN(C(=O)N2CC(Oc3ncc(C(C)(C)N=[N+]=[N-])c4cc(Cl)ncc34)C2)C1. The van der Waals surface area contributed by atoms with Crippen molar-refractivity contribution in [1.29, 1.82) is 0 Å². The number of ether oxygens (including phenoxy) is 1. The molecule has 0 aromatic carbocycles. The average Bonchev–Trinajstić information content (AvgIpc) is 2.60. The zero-order chi connectivity index (χ0) is 20.8. The van der Waals surface area contributed by atoms with Gasteiger partial charge in [0.1, 0.15) is 11.3 Å². The third-order valence-electron chi connectivity index (χ3n) is 5.39. The summed E-state index contributed by atoms with van der Waals surface area (Å²) in [5, 5.41) is 5.67. The van der Waals surface area contributed by atoms with Gasteiger partial charge in [-0.1, -0.05) is 37.5 Å². The predicted octanol–water partition coefficient (Wildman–Crippen LogP) is 3.96. The van der Waals surface area contributed by atoms with Crippen LogP contribution in [0.15, 0.2) is 23.6 Å². The Labute approximate surface area is 173 Å². The highest BCUT2D eigenvalue weighted by atomic mass is 35.5. The third kappa shape index (κ3) is 3.63. The Morgan fingerprint density at radius 2 is 1.93 bits per heavy atom. The van der Waals surface area contributed by atoms with Gasteiger partial charge in [0.25, 0.3) is 0 Å². The summed E-state index contributed by atoms with van der Waals surface area (Å²) in [5.74, 6) is 1.01. The molecule has 2 aromatic heterocycles. The van der Waals surface area contributed by atoms with Crippen LogP contribution in [0.25, 0.3) is 21.2 Å². The van der Waals surface area contributed by atoms with Gasteiger partial charge in [0.2, 0.25) is 5.88 Å². The largest absolute Gasteiger partial charge is 0.470 e. The van der Waals surface area contributed by atoms with Crippen LogP contribution in [0, 0.1) is 5.92 Å². The Hall–Kier alpha value is -2.77. The Balaban J connectivity index is 1.53. The Bertz CT molecular complexity index is 1010. The maximum atomic E-state index is 12.3. The number of carbonyl (C=O) groups is 1. The molecule has 152 valence electrons. The van der Waals surface area contributed by atoms with Gasteiger partial charge in [0.15, 0.2) is 0 Å². The van der Waals surface area contributed by atoms with Crippen LogP contribution in [-0.2, 0) is 5.54 Å². The van der Waals surface area contributed by atoms with Crippen LogP contribution in [0.4, 0.5) is 4.79 Å². The van der Waals surface area contributed by atoms with E-state index in [4.69, 9.17) is 21.9 Å². The van der Waals surface area contributed by atoms with Gasteiger partial charge in [0.05, 0.1) is 24.0 Å². The van der Waals surface area contributed by atoms with Gasteiger partial charge in [0, 0.05) is 30.4 Å². The van der Waals surface area contributed by atoms with Crippen molar-refractivity contribution < 1.29 is 9.53 Å². The molecule has 10 heteroatoms. The summed E-state index contributed by atoms with van der Waals surface area (Å²) in [7, 11) is 0. The molecule has 0 bridgehead atoms. The van der Waals surface area contributed by atoms with Crippen LogP contribution in [-0.4, -0.2) is 58.1 Å². The van der Waals surface area contributed by atoms with Gasteiger partial charge in [-0.25, -0.2) is 14.8 Å². The maximum absolute atomic E-state index is 12.3. The average molecular weight is 416 g/mol. The van der Waals surface area contributed by atoms with Crippen molar-refractivity contribution in [2.24, 2.45) is 11.0 Å². The quantitative estimate of drug-likeness (QED) is 0.326. The molecule has 9 nitrogen and oxygen atoms in total. The first-order chi connectivity index (χ1) is 13.8.